The Morgan fingerprint density at radius 3 is 2.31 bits per heavy atom. The van der Waals surface area contributed by atoms with Crippen LogP contribution in [-0.2, 0) is 5.72 Å². The molecule has 3 heteroatoms. The van der Waals surface area contributed by atoms with Crippen LogP contribution in [0.1, 0.15) is 55.2 Å². The van der Waals surface area contributed by atoms with E-state index in [9.17, 15) is 5.11 Å². The van der Waals surface area contributed by atoms with E-state index in [0.29, 0.717) is 11.4 Å². The fraction of sp³-hybridized carbons (Fsp3) is 0.348. The van der Waals surface area contributed by atoms with Crippen LogP contribution < -0.4 is 0 Å². The van der Waals surface area contributed by atoms with Crippen molar-refractivity contribution in [3.05, 3.63) is 75.8 Å². The molecule has 4 rings (SSSR count). The van der Waals surface area contributed by atoms with E-state index in [1.165, 1.54) is 35.1 Å². The Morgan fingerprint density at radius 2 is 1.58 bits per heavy atom. The van der Waals surface area contributed by atoms with Crippen LogP contribution in [0.2, 0.25) is 5.02 Å². The molecule has 1 aliphatic heterocycles. The number of rotatable bonds is 2. The third kappa shape index (κ3) is 3.36. The monoisotopic (exact) mass is 365 g/mol. The molecule has 134 valence electrons. The fourth-order valence-corrected chi connectivity index (χ4v) is 4.17. The Hall–Kier alpha value is -1.90. The number of allylic oxidation sites excluding steroid dienone is 1. The summed E-state index contributed by atoms with van der Waals surface area (Å²) in [7, 11) is 0. The number of nitrogens with zero attached hydrogens (tertiary/aromatic N) is 1. The molecular weight excluding hydrogens is 342 g/mol. The second-order valence-electron chi connectivity index (χ2n) is 7.44. The molecule has 0 bridgehead atoms. The van der Waals surface area contributed by atoms with Gasteiger partial charge in [0.25, 0.3) is 0 Å². The van der Waals surface area contributed by atoms with Gasteiger partial charge in [-0.05, 0) is 61.4 Å². The zero-order valence-electron chi connectivity index (χ0n) is 15.1. The molecule has 0 saturated heterocycles. The van der Waals surface area contributed by atoms with Crippen molar-refractivity contribution in [3.63, 3.8) is 0 Å². The van der Waals surface area contributed by atoms with Gasteiger partial charge in [-0.1, -0.05) is 60.0 Å². The third-order valence-corrected chi connectivity index (χ3v) is 5.75. The molecule has 0 amide bonds. The fourth-order valence-electron chi connectivity index (χ4n) is 4.05. The molecule has 0 aromatic heterocycles. The first kappa shape index (κ1) is 17.5. The maximum atomic E-state index is 11.5. The van der Waals surface area contributed by atoms with E-state index >= 15 is 0 Å². The number of aliphatic hydroxyl groups is 1. The molecule has 2 aromatic rings. The molecule has 1 saturated carbocycles. The summed E-state index contributed by atoms with van der Waals surface area (Å²) in [4.78, 5) is 4.86. The van der Waals surface area contributed by atoms with Crippen LogP contribution in [0, 0.1) is 6.92 Å². The minimum atomic E-state index is -1.21. The number of aryl methyl sites for hydroxylation is 1. The van der Waals surface area contributed by atoms with Gasteiger partial charge in [-0.15, -0.1) is 0 Å². The highest BCUT2D eigenvalue weighted by Crippen LogP contribution is 2.43. The Bertz CT molecular complexity index is 864. The van der Waals surface area contributed by atoms with Gasteiger partial charge in [0.05, 0.1) is 0 Å². The number of aliphatic imine (C=N–C) groups is 1. The predicted octanol–water partition coefficient (Wildman–Crippen LogP) is 6.06. The van der Waals surface area contributed by atoms with Crippen molar-refractivity contribution in [1.82, 2.24) is 0 Å². The molecule has 2 nitrogen and oxygen atoms in total. The van der Waals surface area contributed by atoms with Crippen LogP contribution in [0.4, 0.5) is 0 Å². The summed E-state index contributed by atoms with van der Waals surface area (Å²) in [5.41, 5.74) is 5.72. The van der Waals surface area contributed by atoms with Crippen LogP contribution in [0.15, 0.2) is 59.1 Å². The van der Waals surface area contributed by atoms with E-state index in [1.54, 1.807) is 0 Å². The Labute approximate surface area is 160 Å². The van der Waals surface area contributed by atoms with Crippen LogP contribution >= 0.6 is 11.6 Å². The first-order valence-electron chi connectivity index (χ1n) is 9.42. The highest BCUT2D eigenvalue weighted by Gasteiger charge is 2.36. The van der Waals surface area contributed by atoms with Gasteiger partial charge in [0, 0.05) is 22.7 Å². The average molecular weight is 366 g/mol. The van der Waals surface area contributed by atoms with E-state index in [2.05, 4.69) is 31.2 Å². The highest BCUT2D eigenvalue weighted by atomic mass is 35.5. The van der Waals surface area contributed by atoms with Gasteiger partial charge in [-0.25, -0.2) is 0 Å². The van der Waals surface area contributed by atoms with Crippen LogP contribution in [0.25, 0.3) is 5.57 Å². The van der Waals surface area contributed by atoms with Crippen LogP contribution in [0.3, 0.4) is 0 Å². The van der Waals surface area contributed by atoms with Gasteiger partial charge in [0.1, 0.15) is 0 Å². The lowest BCUT2D eigenvalue weighted by molar-refractivity contribution is 0.0505. The zero-order valence-corrected chi connectivity index (χ0v) is 15.9. The lowest BCUT2D eigenvalue weighted by Gasteiger charge is -2.33. The summed E-state index contributed by atoms with van der Waals surface area (Å²) in [6.45, 7) is 2.10. The maximum absolute atomic E-state index is 11.5. The average Bonchev–Trinajstić information content (AvgIpc) is 2.87. The van der Waals surface area contributed by atoms with Gasteiger partial charge in [-0.3, -0.25) is 4.99 Å². The van der Waals surface area contributed by atoms with Gasteiger partial charge in [0.2, 0.25) is 0 Å². The lowest BCUT2D eigenvalue weighted by atomic mass is 9.82. The molecule has 0 spiro atoms. The molecule has 1 atom stereocenters. The second kappa shape index (κ2) is 7.02. The number of fused-ring (bicyclic) bond motifs is 1. The van der Waals surface area contributed by atoms with Crippen molar-refractivity contribution < 1.29 is 5.11 Å². The topological polar surface area (TPSA) is 32.6 Å². The van der Waals surface area contributed by atoms with E-state index in [-0.39, 0.29) is 0 Å². The Morgan fingerprint density at radius 1 is 0.885 bits per heavy atom. The molecule has 0 radical (unpaired) electrons. The van der Waals surface area contributed by atoms with Crippen molar-refractivity contribution >= 4 is 22.9 Å². The molecule has 1 aliphatic carbocycles. The summed E-state index contributed by atoms with van der Waals surface area (Å²) in [5, 5.41) is 12.2. The van der Waals surface area contributed by atoms with Gasteiger partial charge < -0.3 is 5.11 Å². The van der Waals surface area contributed by atoms with Crippen molar-refractivity contribution in [2.24, 2.45) is 4.99 Å². The standard InChI is InChI=1S/C23H24ClNO/c1-16-7-9-17(10-8-16)21-15-23(26,18-11-13-19(24)14-12-18)25-22-6-4-2-3-5-20(21)22/h7-14,26H,2-6,15H2,1H3/t23-/m1/s1. The largest absolute Gasteiger partial charge is 0.365 e. The number of benzene rings is 2. The predicted molar refractivity (Wildman–Crippen MR) is 109 cm³/mol. The van der Waals surface area contributed by atoms with E-state index < -0.39 is 5.72 Å². The van der Waals surface area contributed by atoms with Gasteiger partial charge >= 0.3 is 0 Å². The van der Waals surface area contributed by atoms with Gasteiger partial charge in [0.15, 0.2) is 5.72 Å². The number of hydrogen-bond acceptors (Lipinski definition) is 2. The van der Waals surface area contributed by atoms with Crippen molar-refractivity contribution in [2.45, 2.75) is 51.2 Å². The molecular formula is C23H24ClNO. The molecule has 0 unspecified atom stereocenters. The summed E-state index contributed by atoms with van der Waals surface area (Å²) in [6, 6.07) is 16.1. The number of hydrogen-bond donors (Lipinski definition) is 1. The van der Waals surface area contributed by atoms with E-state index in [4.69, 9.17) is 16.6 Å². The Kier molecular flexibility index (Phi) is 4.73. The van der Waals surface area contributed by atoms with Gasteiger partial charge in [-0.2, -0.15) is 0 Å². The number of halogens is 1. The number of dihydropyridines is 1. The third-order valence-electron chi connectivity index (χ3n) is 5.50. The van der Waals surface area contributed by atoms with Crippen LogP contribution in [-0.4, -0.2) is 10.8 Å². The Balaban J connectivity index is 1.83. The summed E-state index contributed by atoms with van der Waals surface area (Å²) in [5.74, 6) is 0. The maximum Gasteiger partial charge on any atom is 0.186 e. The zero-order chi connectivity index (χ0) is 18.1. The van der Waals surface area contributed by atoms with Crippen molar-refractivity contribution in [2.75, 3.05) is 0 Å². The molecule has 1 heterocycles. The molecule has 1 fully saturated rings. The summed E-state index contributed by atoms with van der Waals surface area (Å²) >= 11 is 6.04. The minimum absolute atomic E-state index is 0.510. The van der Waals surface area contributed by atoms with Crippen LogP contribution in [0.5, 0.6) is 0 Å². The molecule has 2 aliphatic rings. The summed E-state index contributed by atoms with van der Waals surface area (Å²) in [6.07, 6.45) is 6.07. The minimum Gasteiger partial charge on any atom is -0.365 e. The molecule has 1 N–H and O–H groups in total. The molecule has 2 aromatic carbocycles. The SMILES string of the molecule is Cc1ccc(C2=C3CCCCCC3=N[C@](O)(c3ccc(Cl)cc3)C2)cc1. The second-order valence-corrected chi connectivity index (χ2v) is 7.88. The van der Waals surface area contributed by atoms with Crippen molar-refractivity contribution in [1.29, 1.82) is 0 Å². The summed E-state index contributed by atoms with van der Waals surface area (Å²) < 4.78 is 0. The van der Waals surface area contributed by atoms with Crippen molar-refractivity contribution in [3.8, 4) is 0 Å². The first-order valence-corrected chi connectivity index (χ1v) is 9.79. The van der Waals surface area contributed by atoms with E-state index in [1.807, 2.05) is 24.3 Å². The normalized spacial score (nSPS) is 23.3. The lowest BCUT2D eigenvalue weighted by Crippen LogP contribution is -2.30. The molecule has 26 heavy (non-hydrogen) atoms. The smallest absolute Gasteiger partial charge is 0.186 e. The highest BCUT2D eigenvalue weighted by molar-refractivity contribution is 6.30. The van der Waals surface area contributed by atoms with E-state index in [0.717, 1.165) is 30.5 Å². The quantitative estimate of drug-likeness (QED) is 0.689. The first-order chi connectivity index (χ1) is 12.5.